The molecular weight excluding hydrogens is 492 g/mol. The predicted molar refractivity (Wildman–Crippen MR) is 156 cm³/mol. The molecule has 3 aromatic rings. The lowest BCUT2D eigenvalue weighted by Gasteiger charge is -2.31. The van der Waals surface area contributed by atoms with Crippen LogP contribution in [-0.4, -0.2) is 71.3 Å². The molecular formula is C30H38N6O3. The first kappa shape index (κ1) is 27.9. The molecule has 206 valence electrons. The van der Waals surface area contributed by atoms with E-state index in [2.05, 4.69) is 5.32 Å². The van der Waals surface area contributed by atoms with Crippen LogP contribution in [0.3, 0.4) is 0 Å². The van der Waals surface area contributed by atoms with Crippen LogP contribution in [0.25, 0.3) is 5.69 Å². The van der Waals surface area contributed by atoms with Crippen molar-refractivity contribution in [2.24, 2.45) is 5.92 Å². The molecule has 1 aliphatic rings. The number of amides is 1. The summed E-state index contributed by atoms with van der Waals surface area (Å²) in [6.45, 7) is 4.28. The highest BCUT2D eigenvalue weighted by atomic mass is 16.5. The van der Waals surface area contributed by atoms with E-state index < -0.39 is 0 Å². The summed E-state index contributed by atoms with van der Waals surface area (Å²) in [5, 5.41) is 11.6. The number of rotatable bonds is 10. The fourth-order valence-corrected chi connectivity index (χ4v) is 4.91. The van der Waals surface area contributed by atoms with Crippen LogP contribution in [0.4, 0.5) is 5.82 Å². The van der Waals surface area contributed by atoms with Crippen molar-refractivity contribution in [3.05, 3.63) is 82.9 Å². The summed E-state index contributed by atoms with van der Waals surface area (Å²) in [7, 11) is 5.71. The standard InChI is InChI=1S/C30H38N6O3/c1-22(31)28-29(32-2)35(21-23-16-19-34(20-17-23)27(37)11-8-18-33(3)4)30(38)36(28)24-12-14-26(15-13-24)39-25-9-6-5-7-10-25/h5-15,23,31-32H,16-21H2,1-4H3/b11-8+,31-22?. The number of benzene rings is 2. The van der Waals surface area contributed by atoms with Crippen molar-refractivity contribution in [1.29, 1.82) is 5.41 Å². The average molecular weight is 531 g/mol. The van der Waals surface area contributed by atoms with Crippen molar-refractivity contribution in [2.75, 3.05) is 46.1 Å². The average Bonchev–Trinajstić information content (AvgIpc) is 3.21. The highest BCUT2D eigenvalue weighted by molar-refractivity contribution is 5.99. The van der Waals surface area contributed by atoms with Crippen LogP contribution in [0.5, 0.6) is 11.5 Å². The quantitative estimate of drug-likeness (QED) is 0.302. The molecule has 0 unspecified atom stereocenters. The maximum atomic E-state index is 13.8. The van der Waals surface area contributed by atoms with Gasteiger partial charge in [0, 0.05) is 39.3 Å². The van der Waals surface area contributed by atoms with Crippen LogP contribution < -0.4 is 15.7 Å². The van der Waals surface area contributed by atoms with Gasteiger partial charge in [0.05, 0.1) is 11.4 Å². The van der Waals surface area contributed by atoms with Crippen LogP contribution in [-0.2, 0) is 11.3 Å². The summed E-state index contributed by atoms with van der Waals surface area (Å²) in [6, 6.07) is 16.9. The van der Waals surface area contributed by atoms with E-state index in [0.29, 0.717) is 48.3 Å². The normalized spacial score (nSPS) is 14.2. The second kappa shape index (κ2) is 12.6. The van der Waals surface area contributed by atoms with Gasteiger partial charge in [-0.05, 0) is 76.2 Å². The Hall–Kier alpha value is -4.11. The third-order valence-electron chi connectivity index (χ3n) is 6.90. The first-order valence-corrected chi connectivity index (χ1v) is 13.3. The molecule has 39 heavy (non-hydrogen) atoms. The minimum atomic E-state index is -0.192. The Balaban J connectivity index is 1.52. The van der Waals surface area contributed by atoms with E-state index in [4.69, 9.17) is 10.1 Å². The zero-order valence-electron chi connectivity index (χ0n) is 23.2. The number of likely N-dealkylation sites (tertiary alicyclic amines) is 1. The molecule has 0 radical (unpaired) electrons. The molecule has 1 saturated heterocycles. The molecule has 0 atom stereocenters. The topological polar surface area (TPSA) is 95.6 Å². The lowest BCUT2D eigenvalue weighted by molar-refractivity contribution is -0.127. The number of likely N-dealkylation sites (N-methyl/N-ethyl adjacent to an activating group) is 1. The number of carbonyl (C=O) groups is 1. The molecule has 2 aromatic carbocycles. The molecule has 9 heteroatoms. The third kappa shape index (κ3) is 6.67. The number of hydrogen-bond donors (Lipinski definition) is 2. The molecule has 4 rings (SSSR count). The number of nitrogens with zero attached hydrogens (tertiary/aromatic N) is 4. The summed E-state index contributed by atoms with van der Waals surface area (Å²) in [4.78, 5) is 30.2. The van der Waals surface area contributed by atoms with E-state index in [0.717, 1.165) is 25.1 Å². The number of carbonyl (C=O) groups excluding carboxylic acids is 1. The molecule has 9 nitrogen and oxygen atoms in total. The monoisotopic (exact) mass is 530 g/mol. The Labute approximate surface area is 229 Å². The highest BCUT2D eigenvalue weighted by Crippen LogP contribution is 2.26. The Morgan fingerprint density at radius 2 is 1.72 bits per heavy atom. The molecule has 1 amide bonds. The first-order chi connectivity index (χ1) is 18.8. The number of piperidine rings is 1. The fourth-order valence-electron chi connectivity index (χ4n) is 4.91. The fraction of sp³-hybridized carbons (Fsp3) is 0.367. The molecule has 1 fully saturated rings. The van der Waals surface area contributed by atoms with E-state index in [1.54, 1.807) is 29.2 Å². The smallest absolute Gasteiger partial charge is 0.334 e. The predicted octanol–water partition coefficient (Wildman–Crippen LogP) is 4.22. The van der Waals surface area contributed by atoms with Crippen molar-refractivity contribution in [3.8, 4) is 17.2 Å². The summed E-state index contributed by atoms with van der Waals surface area (Å²) in [5.74, 6) is 2.32. The van der Waals surface area contributed by atoms with Crippen LogP contribution >= 0.6 is 0 Å². The Kier molecular flexibility index (Phi) is 9.03. The second-order valence-corrected chi connectivity index (χ2v) is 10.1. The lowest BCUT2D eigenvalue weighted by Crippen LogP contribution is -2.39. The van der Waals surface area contributed by atoms with Crippen LogP contribution in [0.2, 0.25) is 0 Å². The van der Waals surface area contributed by atoms with Gasteiger partial charge in [0.25, 0.3) is 0 Å². The van der Waals surface area contributed by atoms with Crippen molar-refractivity contribution in [1.82, 2.24) is 18.9 Å². The first-order valence-electron chi connectivity index (χ1n) is 13.3. The zero-order chi connectivity index (χ0) is 27.9. The number of anilines is 1. The highest BCUT2D eigenvalue weighted by Gasteiger charge is 2.27. The molecule has 0 aliphatic carbocycles. The van der Waals surface area contributed by atoms with E-state index in [-0.39, 0.29) is 17.5 Å². The molecule has 0 spiro atoms. The number of aromatic nitrogens is 2. The van der Waals surface area contributed by atoms with Crippen molar-refractivity contribution in [2.45, 2.75) is 26.3 Å². The summed E-state index contributed by atoms with van der Waals surface area (Å²) >= 11 is 0. The van der Waals surface area contributed by atoms with E-state index in [1.807, 2.05) is 84.6 Å². The summed E-state index contributed by atoms with van der Waals surface area (Å²) < 4.78 is 9.23. The van der Waals surface area contributed by atoms with Gasteiger partial charge in [-0.3, -0.25) is 13.9 Å². The lowest BCUT2D eigenvalue weighted by atomic mass is 9.96. The van der Waals surface area contributed by atoms with Crippen molar-refractivity contribution < 1.29 is 9.53 Å². The Morgan fingerprint density at radius 3 is 2.31 bits per heavy atom. The van der Waals surface area contributed by atoms with E-state index >= 15 is 0 Å². The number of imidazole rings is 1. The number of hydrogen-bond acceptors (Lipinski definition) is 6. The SMILES string of the molecule is CNc1c(C(C)=N)n(-c2ccc(Oc3ccccc3)cc2)c(=O)n1CC1CCN(C(=O)/C=C/CN(C)C)CC1. The molecule has 1 aliphatic heterocycles. The van der Waals surface area contributed by atoms with Gasteiger partial charge in [-0.1, -0.05) is 24.3 Å². The Morgan fingerprint density at radius 1 is 1.08 bits per heavy atom. The van der Waals surface area contributed by atoms with Crippen LogP contribution in [0.15, 0.2) is 71.5 Å². The minimum absolute atomic E-state index is 0.0379. The number of ether oxygens (including phenoxy) is 1. The molecule has 2 heterocycles. The van der Waals surface area contributed by atoms with Crippen molar-refractivity contribution in [3.63, 3.8) is 0 Å². The van der Waals surface area contributed by atoms with Gasteiger partial charge in [-0.25, -0.2) is 4.79 Å². The summed E-state index contributed by atoms with van der Waals surface area (Å²) in [5.41, 5.74) is 1.31. The Bertz CT molecular complexity index is 1360. The van der Waals surface area contributed by atoms with Gasteiger partial charge in [-0.15, -0.1) is 0 Å². The van der Waals surface area contributed by atoms with Gasteiger partial charge in [0.15, 0.2) is 0 Å². The van der Waals surface area contributed by atoms with E-state index in [1.165, 1.54) is 0 Å². The number of nitrogens with one attached hydrogen (secondary N) is 2. The van der Waals surface area contributed by atoms with Crippen LogP contribution in [0, 0.1) is 11.3 Å². The third-order valence-corrected chi connectivity index (χ3v) is 6.90. The van der Waals surface area contributed by atoms with E-state index in [9.17, 15) is 9.59 Å². The molecule has 2 N–H and O–H groups in total. The molecule has 0 saturated carbocycles. The molecule has 1 aromatic heterocycles. The van der Waals surface area contributed by atoms with Gasteiger partial charge in [0.2, 0.25) is 5.91 Å². The van der Waals surface area contributed by atoms with Gasteiger partial charge >= 0.3 is 5.69 Å². The maximum absolute atomic E-state index is 13.8. The van der Waals surface area contributed by atoms with Crippen molar-refractivity contribution >= 4 is 17.4 Å². The minimum Gasteiger partial charge on any atom is -0.457 e. The van der Waals surface area contributed by atoms with Gasteiger partial charge < -0.3 is 25.3 Å². The summed E-state index contributed by atoms with van der Waals surface area (Å²) in [6.07, 6.45) is 5.17. The zero-order valence-corrected chi connectivity index (χ0v) is 23.2. The number of para-hydroxylation sites is 1. The largest absolute Gasteiger partial charge is 0.457 e. The maximum Gasteiger partial charge on any atom is 0.334 e. The molecule has 0 bridgehead atoms. The second-order valence-electron chi connectivity index (χ2n) is 10.1. The van der Waals surface area contributed by atoms with Gasteiger partial charge in [-0.2, -0.15) is 0 Å². The van der Waals surface area contributed by atoms with Gasteiger partial charge in [0.1, 0.15) is 23.0 Å². The van der Waals surface area contributed by atoms with Crippen LogP contribution in [0.1, 0.15) is 25.5 Å².